The quantitative estimate of drug-likeness (QED) is 0.161. The van der Waals surface area contributed by atoms with Crippen LogP contribution < -0.4 is 5.32 Å². The number of nitrogens with one attached hydrogen (secondary N) is 1. The zero-order valence-corrected chi connectivity index (χ0v) is 25.6. The van der Waals surface area contributed by atoms with Crippen LogP contribution in [0.2, 0.25) is 0 Å². The number of rotatable bonds is 13. The summed E-state index contributed by atoms with van der Waals surface area (Å²) in [5.41, 5.74) is 2.77. The highest BCUT2D eigenvalue weighted by atomic mass is 32.2. The number of aromatic nitrogens is 4. The lowest BCUT2D eigenvalue weighted by Gasteiger charge is -2.22. The van der Waals surface area contributed by atoms with Gasteiger partial charge in [-0.2, -0.15) is 12.7 Å². The summed E-state index contributed by atoms with van der Waals surface area (Å²) in [7, 11) is -3.10. The van der Waals surface area contributed by atoms with Gasteiger partial charge in [-0.3, -0.25) is 9.12 Å². The summed E-state index contributed by atoms with van der Waals surface area (Å²) in [4.78, 5) is 13.8. The van der Waals surface area contributed by atoms with E-state index in [0.717, 1.165) is 15.4 Å². The lowest BCUT2D eigenvalue weighted by Crippen LogP contribution is -2.34. The second-order valence-electron chi connectivity index (χ2n) is 11.2. The van der Waals surface area contributed by atoms with Gasteiger partial charge in [0.25, 0.3) is 0 Å². The fourth-order valence-corrected chi connectivity index (χ4v) is 6.17. The molecule has 4 aromatic rings. The van der Waals surface area contributed by atoms with E-state index < -0.39 is 34.8 Å². The molecule has 2 aromatic heterocycles. The second-order valence-corrected chi connectivity index (χ2v) is 12.6. The fraction of sp³-hybridized carbons (Fsp3) is 0.433. The van der Waals surface area contributed by atoms with Crippen molar-refractivity contribution in [1.82, 2.24) is 23.8 Å². The normalized spacial score (nSPS) is 20.8. The molecular weight excluding hydrogens is 588 g/mol. The number of ether oxygens (including phenoxy) is 2. The first kappa shape index (κ1) is 31.9. The average molecular weight is 627 g/mol. The summed E-state index contributed by atoms with van der Waals surface area (Å²) in [6.45, 7) is 3.87. The lowest BCUT2D eigenvalue weighted by molar-refractivity contribution is -0.0580. The van der Waals surface area contributed by atoms with Gasteiger partial charge in [-0.1, -0.05) is 74.5 Å². The monoisotopic (exact) mass is 626 g/mol. The third-order valence-corrected chi connectivity index (χ3v) is 8.43. The van der Waals surface area contributed by atoms with Gasteiger partial charge in [0.15, 0.2) is 23.2 Å². The van der Waals surface area contributed by atoms with Crippen molar-refractivity contribution >= 4 is 27.3 Å². The Kier molecular flexibility index (Phi) is 9.90. The molecule has 5 rings (SSSR count). The van der Waals surface area contributed by atoms with E-state index in [0.29, 0.717) is 17.9 Å². The maximum atomic E-state index is 12.3. The van der Waals surface area contributed by atoms with Crippen molar-refractivity contribution in [2.75, 3.05) is 32.1 Å². The summed E-state index contributed by atoms with van der Waals surface area (Å²) in [6.07, 6.45) is -2.91. The van der Waals surface area contributed by atoms with Gasteiger partial charge in [0, 0.05) is 26.1 Å². The Morgan fingerprint density at radius 3 is 2.23 bits per heavy atom. The van der Waals surface area contributed by atoms with Crippen LogP contribution >= 0.6 is 0 Å². The Labute approximate surface area is 256 Å². The molecule has 44 heavy (non-hydrogen) atoms. The summed E-state index contributed by atoms with van der Waals surface area (Å²) in [5, 5.41) is 24.8. The van der Waals surface area contributed by atoms with Crippen LogP contribution in [0.3, 0.4) is 0 Å². The Morgan fingerprint density at radius 2 is 1.66 bits per heavy atom. The molecule has 0 unspecified atom stereocenters. The van der Waals surface area contributed by atoms with Crippen LogP contribution in [-0.4, -0.2) is 92.1 Å². The standard InChI is InChI=1S/C30H38N6O7S/c1-19(2)15-35(44(39,40)41)16-24-33-28(31-14-22(20-10-6-4-7-11-20)21-12-8-5-9-13-21)25-29(34-24)36(18-32-25)30-27(38)26(37)23(43-30)17-42-3/h4-13,18-19,22-23,26-27,30,37-38H,14-17H2,1-3H3,(H,31,33,34)(H,39,40,41)/t23-,26-,27-,30-/m1/s1. The van der Waals surface area contributed by atoms with Crippen molar-refractivity contribution < 1.29 is 32.7 Å². The van der Waals surface area contributed by atoms with Crippen molar-refractivity contribution in [1.29, 1.82) is 0 Å². The summed E-state index contributed by atoms with van der Waals surface area (Å²) >= 11 is 0. The Hall–Kier alpha value is -3.50. The van der Waals surface area contributed by atoms with Crippen LogP contribution in [0.15, 0.2) is 67.0 Å². The van der Waals surface area contributed by atoms with E-state index in [4.69, 9.17) is 9.47 Å². The summed E-state index contributed by atoms with van der Waals surface area (Å²) in [6, 6.07) is 20.0. The molecule has 1 aliphatic rings. The molecule has 236 valence electrons. The zero-order valence-electron chi connectivity index (χ0n) is 24.8. The van der Waals surface area contributed by atoms with E-state index in [1.165, 1.54) is 18.0 Å². The fourth-order valence-electron chi connectivity index (χ4n) is 5.41. The molecule has 1 fully saturated rings. The number of methoxy groups -OCH3 is 1. The number of nitrogens with zero attached hydrogens (tertiary/aromatic N) is 5. The summed E-state index contributed by atoms with van der Waals surface area (Å²) in [5.74, 6) is 0.287. The first-order chi connectivity index (χ1) is 21.1. The molecule has 0 amide bonds. The largest absolute Gasteiger partial charge is 0.387 e. The van der Waals surface area contributed by atoms with Gasteiger partial charge in [-0.25, -0.2) is 15.0 Å². The van der Waals surface area contributed by atoms with E-state index in [1.54, 1.807) is 0 Å². The molecule has 0 radical (unpaired) electrons. The zero-order chi connectivity index (χ0) is 31.4. The third-order valence-electron chi connectivity index (χ3n) is 7.50. The van der Waals surface area contributed by atoms with Crippen LogP contribution in [0.5, 0.6) is 0 Å². The number of aliphatic hydroxyl groups excluding tert-OH is 2. The van der Waals surface area contributed by atoms with E-state index in [9.17, 15) is 23.2 Å². The van der Waals surface area contributed by atoms with Crippen molar-refractivity contribution in [2.24, 2.45) is 5.92 Å². The number of benzene rings is 2. The molecule has 4 N–H and O–H groups in total. The predicted octanol–water partition coefficient (Wildman–Crippen LogP) is 2.60. The van der Waals surface area contributed by atoms with E-state index >= 15 is 0 Å². The van der Waals surface area contributed by atoms with Crippen LogP contribution in [0.4, 0.5) is 5.82 Å². The molecule has 0 bridgehead atoms. The van der Waals surface area contributed by atoms with Gasteiger partial charge in [-0.05, 0) is 17.0 Å². The number of fused-ring (bicyclic) bond motifs is 1. The number of hydrogen-bond donors (Lipinski definition) is 4. The van der Waals surface area contributed by atoms with Gasteiger partial charge in [0.1, 0.15) is 24.1 Å². The molecule has 0 spiro atoms. The van der Waals surface area contributed by atoms with Crippen LogP contribution in [0.25, 0.3) is 11.2 Å². The maximum Gasteiger partial charge on any atom is 0.336 e. The van der Waals surface area contributed by atoms with Crippen molar-refractivity contribution in [2.45, 2.75) is 50.8 Å². The van der Waals surface area contributed by atoms with Gasteiger partial charge in [0.05, 0.1) is 19.5 Å². The highest BCUT2D eigenvalue weighted by molar-refractivity contribution is 7.83. The Morgan fingerprint density at radius 1 is 1.02 bits per heavy atom. The highest BCUT2D eigenvalue weighted by Crippen LogP contribution is 2.33. The number of anilines is 1. The first-order valence-corrected chi connectivity index (χ1v) is 15.8. The van der Waals surface area contributed by atoms with Crippen LogP contribution in [0, 0.1) is 5.92 Å². The van der Waals surface area contributed by atoms with Gasteiger partial charge in [-0.15, -0.1) is 0 Å². The number of imidazole rings is 1. The third kappa shape index (κ3) is 7.07. The van der Waals surface area contributed by atoms with E-state index in [2.05, 4.69) is 20.3 Å². The van der Waals surface area contributed by atoms with Gasteiger partial charge < -0.3 is 25.0 Å². The molecule has 2 aromatic carbocycles. The highest BCUT2D eigenvalue weighted by Gasteiger charge is 2.44. The minimum atomic E-state index is -4.57. The van der Waals surface area contributed by atoms with Crippen LogP contribution in [0.1, 0.15) is 42.9 Å². The lowest BCUT2D eigenvalue weighted by atomic mass is 9.91. The molecule has 1 aliphatic heterocycles. The molecule has 1 saturated heterocycles. The summed E-state index contributed by atoms with van der Waals surface area (Å²) < 4.78 is 47.9. The smallest absolute Gasteiger partial charge is 0.336 e. The molecule has 0 saturated carbocycles. The molecule has 3 heterocycles. The SMILES string of the molecule is COC[C@H]1O[C@@H](n2cnc3c(NCC(c4ccccc4)c4ccccc4)nc(CN(CC(C)C)S(=O)(=O)O)nc32)[C@H](O)[C@@H]1O. The van der Waals surface area contributed by atoms with Crippen molar-refractivity contribution in [3.8, 4) is 0 Å². The Balaban J connectivity index is 1.56. The molecule has 4 atom stereocenters. The minimum absolute atomic E-state index is 0.0433. The van der Waals surface area contributed by atoms with Crippen molar-refractivity contribution in [3.63, 3.8) is 0 Å². The van der Waals surface area contributed by atoms with Gasteiger partial charge >= 0.3 is 10.3 Å². The average Bonchev–Trinajstić information content (AvgIpc) is 3.54. The maximum absolute atomic E-state index is 12.3. The number of hydrogen-bond acceptors (Lipinski definition) is 10. The Bertz CT molecular complexity index is 1600. The molecule has 0 aliphatic carbocycles. The predicted molar refractivity (Wildman–Crippen MR) is 163 cm³/mol. The van der Waals surface area contributed by atoms with Gasteiger partial charge in [0.2, 0.25) is 0 Å². The topological polar surface area (TPSA) is 172 Å². The first-order valence-electron chi connectivity index (χ1n) is 14.4. The van der Waals surface area contributed by atoms with E-state index in [-0.39, 0.29) is 43.0 Å². The molecular formula is C30H38N6O7S. The minimum Gasteiger partial charge on any atom is -0.387 e. The molecule has 14 heteroatoms. The van der Waals surface area contributed by atoms with Crippen molar-refractivity contribution in [3.05, 3.63) is 83.9 Å². The van der Waals surface area contributed by atoms with E-state index in [1.807, 2.05) is 74.5 Å². The number of aliphatic hydroxyl groups is 2. The van der Waals surface area contributed by atoms with Crippen LogP contribution in [-0.2, 0) is 26.3 Å². The second kappa shape index (κ2) is 13.6. The molecule has 13 nitrogen and oxygen atoms in total.